The van der Waals surface area contributed by atoms with E-state index < -0.39 is 0 Å². The molecule has 1 saturated heterocycles. The molecule has 0 aromatic heterocycles. The summed E-state index contributed by atoms with van der Waals surface area (Å²) >= 11 is 12.2. The number of hydrogen-bond donors (Lipinski definition) is 0. The first-order chi connectivity index (χ1) is 11.1. The summed E-state index contributed by atoms with van der Waals surface area (Å²) in [5.74, 6) is -0.0755. The molecule has 118 valence electrons. The zero-order chi connectivity index (χ0) is 16.1. The van der Waals surface area contributed by atoms with Crippen molar-refractivity contribution in [1.82, 2.24) is 4.90 Å². The summed E-state index contributed by atoms with van der Waals surface area (Å²) in [6, 6.07) is 13.9. The fraction of sp³-hybridized carbons (Fsp3) is 0.316. The van der Waals surface area contributed by atoms with Crippen LogP contribution in [0.2, 0.25) is 10.0 Å². The van der Waals surface area contributed by atoms with Gasteiger partial charge in [0.2, 0.25) is 5.91 Å². The van der Waals surface area contributed by atoms with E-state index in [2.05, 4.69) is 11.8 Å². The third kappa shape index (κ3) is 2.36. The van der Waals surface area contributed by atoms with Crippen LogP contribution >= 0.6 is 23.2 Å². The maximum Gasteiger partial charge on any atom is 0.235 e. The molecule has 0 aliphatic carbocycles. The van der Waals surface area contributed by atoms with Crippen LogP contribution in [0.1, 0.15) is 48.4 Å². The number of rotatable bonds is 1. The van der Waals surface area contributed by atoms with Gasteiger partial charge >= 0.3 is 0 Å². The predicted octanol–water partition coefficient (Wildman–Crippen LogP) is 5.19. The van der Waals surface area contributed by atoms with Crippen molar-refractivity contribution in [2.24, 2.45) is 0 Å². The summed E-state index contributed by atoms with van der Waals surface area (Å²) < 4.78 is 0. The summed E-state index contributed by atoms with van der Waals surface area (Å²) in [4.78, 5) is 15.3. The summed E-state index contributed by atoms with van der Waals surface area (Å²) in [5.41, 5.74) is 3.26. The Balaban J connectivity index is 1.90. The lowest BCUT2D eigenvalue weighted by atomic mass is 9.81. The highest BCUT2D eigenvalue weighted by molar-refractivity contribution is 6.31. The van der Waals surface area contributed by atoms with Gasteiger partial charge in [-0.2, -0.15) is 0 Å². The molecule has 0 N–H and O–H groups in total. The number of carbonyl (C=O) groups is 1. The Morgan fingerprint density at radius 3 is 2.39 bits per heavy atom. The summed E-state index contributed by atoms with van der Waals surface area (Å²) in [6.07, 6.45) is 2.04. The van der Waals surface area contributed by atoms with E-state index in [0.29, 0.717) is 5.02 Å². The average Bonchev–Trinajstić information content (AvgIpc) is 2.92. The van der Waals surface area contributed by atoms with E-state index in [-0.39, 0.29) is 23.9 Å². The number of hydrogen-bond acceptors (Lipinski definition) is 1. The van der Waals surface area contributed by atoms with E-state index >= 15 is 0 Å². The number of halogens is 2. The van der Waals surface area contributed by atoms with E-state index in [9.17, 15) is 4.79 Å². The van der Waals surface area contributed by atoms with Gasteiger partial charge in [0, 0.05) is 16.1 Å². The number of nitrogens with zero attached hydrogens (tertiary/aromatic N) is 1. The van der Waals surface area contributed by atoms with Crippen molar-refractivity contribution in [2.45, 2.75) is 37.8 Å². The van der Waals surface area contributed by atoms with Gasteiger partial charge in [-0.05, 0) is 60.7 Å². The van der Waals surface area contributed by atoms with Crippen molar-refractivity contribution in [3.05, 3.63) is 69.2 Å². The molecule has 1 fully saturated rings. The molecule has 2 aromatic carbocycles. The van der Waals surface area contributed by atoms with Crippen LogP contribution in [-0.4, -0.2) is 16.8 Å². The van der Waals surface area contributed by atoms with E-state index in [0.717, 1.165) is 29.0 Å². The first kappa shape index (κ1) is 15.0. The SMILES string of the molecule is CC1CC[C@@H]2c3cc(Cl)ccc3[C@@H](c3ccc(Cl)cc3)C(=O)N12. The molecule has 2 nitrogen and oxygen atoms in total. The normalized spacial score (nSPS) is 26.1. The van der Waals surface area contributed by atoms with Gasteiger partial charge in [-0.15, -0.1) is 0 Å². The van der Waals surface area contributed by atoms with Crippen LogP contribution < -0.4 is 0 Å². The van der Waals surface area contributed by atoms with Crippen LogP contribution in [0.25, 0.3) is 0 Å². The zero-order valence-corrected chi connectivity index (χ0v) is 14.3. The maximum atomic E-state index is 13.2. The lowest BCUT2D eigenvalue weighted by Crippen LogP contribution is -2.43. The van der Waals surface area contributed by atoms with Crippen LogP contribution in [-0.2, 0) is 4.79 Å². The van der Waals surface area contributed by atoms with Gasteiger partial charge in [0.15, 0.2) is 0 Å². The number of carbonyl (C=O) groups excluding carboxylic acids is 1. The Hall–Kier alpha value is -1.51. The van der Waals surface area contributed by atoms with E-state index in [4.69, 9.17) is 23.2 Å². The predicted molar refractivity (Wildman–Crippen MR) is 93.0 cm³/mol. The first-order valence-electron chi connectivity index (χ1n) is 7.93. The molecule has 2 aromatic rings. The van der Waals surface area contributed by atoms with Crippen LogP contribution in [0.15, 0.2) is 42.5 Å². The third-order valence-corrected chi connectivity index (χ3v) is 5.58. The largest absolute Gasteiger partial charge is 0.332 e. The monoisotopic (exact) mass is 345 g/mol. The van der Waals surface area contributed by atoms with E-state index in [1.54, 1.807) is 0 Å². The molecule has 2 heterocycles. The van der Waals surface area contributed by atoms with Gasteiger partial charge in [-0.1, -0.05) is 41.4 Å². The van der Waals surface area contributed by atoms with Crippen molar-refractivity contribution in [1.29, 1.82) is 0 Å². The fourth-order valence-corrected chi connectivity index (χ4v) is 4.32. The van der Waals surface area contributed by atoms with Crippen LogP contribution in [0, 0.1) is 0 Å². The Labute approximate surface area is 146 Å². The van der Waals surface area contributed by atoms with Gasteiger partial charge in [-0.25, -0.2) is 0 Å². The highest BCUT2D eigenvalue weighted by Gasteiger charge is 2.45. The molecular formula is C19H17Cl2NO. The lowest BCUT2D eigenvalue weighted by molar-refractivity contribution is -0.135. The van der Waals surface area contributed by atoms with Crippen molar-refractivity contribution in [3.63, 3.8) is 0 Å². The Bertz CT molecular complexity index is 771. The third-order valence-electron chi connectivity index (χ3n) is 5.09. The molecule has 0 saturated carbocycles. The minimum Gasteiger partial charge on any atom is -0.332 e. The number of amides is 1. The van der Waals surface area contributed by atoms with Gasteiger partial charge < -0.3 is 4.90 Å². The molecular weight excluding hydrogens is 329 g/mol. The Morgan fingerprint density at radius 1 is 0.957 bits per heavy atom. The minimum atomic E-state index is -0.267. The molecule has 1 unspecified atom stereocenters. The standard InChI is InChI=1S/C19H17Cl2NO/c1-11-2-9-17-16-10-14(21)7-8-15(16)18(19(23)22(11)17)12-3-5-13(20)6-4-12/h3-8,10-11,17-18H,2,9H2,1H3/t11?,17-,18-/m1/s1. The molecule has 0 spiro atoms. The highest BCUT2D eigenvalue weighted by atomic mass is 35.5. The second-order valence-corrected chi connectivity index (χ2v) is 7.32. The first-order valence-corrected chi connectivity index (χ1v) is 8.69. The van der Waals surface area contributed by atoms with Crippen LogP contribution in [0.3, 0.4) is 0 Å². The van der Waals surface area contributed by atoms with Crippen molar-refractivity contribution in [2.75, 3.05) is 0 Å². The van der Waals surface area contributed by atoms with Crippen molar-refractivity contribution < 1.29 is 4.79 Å². The molecule has 1 amide bonds. The van der Waals surface area contributed by atoms with E-state index in [1.165, 1.54) is 5.56 Å². The van der Waals surface area contributed by atoms with Gasteiger partial charge in [0.25, 0.3) is 0 Å². The molecule has 4 heteroatoms. The maximum absolute atomic E-state index is 13.2. The van der Waals surface area contributed by atoms with Crippen LogP contribution in [0.5, 0.6) is 0 Å². The molecule has 23 heavy (non-hydrogen) atoms. The molecule has 0 radical (unpaired) electrons. The van der Waals surface area contributed by atoms with Crippen molar-refractivity contribution >= 4 is 29.1 Å². The number of benzene rings is 2. The average molecular weight is 346 g/mol. The summed E-state index contributed by atoms with van der Waals surface area (Å²) in [5, 5.41) is 1.41. The molecule has 2 aliphatic heterocycles. The molecule has 3 atom stereocenters. The van der Waals surface area contributed by atoms with Gasteiger partial charge in [-0.3, -0.25) is 4.79 Å². The van der Waals surface area contributed by atoms with Gasteiger partial charge in [0.1, 0.15) is 0 Å². The lowest BCUT2D eigenvalue weighted by Gasteiger charge is -2.39. The number of fused-ring (bicyclic) bond motifs is 3. The Morgan fingerprint density at radius 2 is 1.65 bits per heavy atom. The van der Waals surface area contributed by atoms with Gasteiger partial charge in [0.05, 0.1) is 12.0 Å². The summed E-state index contributed by atoms with van der Waals surface area (Å²) in [6.45, 7) is 2.13. The highest BCUT2D eigenvalue weighted by Crippen LogP contribution is 2.47. The van der Waals surface area contributed by atoms with Crippen LogP contribution in [0.4, 0.5) is 0 Å². The molecule has 0 bridgehead atoms. The van der Waals surface area contributed by atoms with Crippen molar-refractivity contribution in [3.8, 4) is 0 Å². The second-order valence-electron chi connectivity index (χ2n) is 6.45. The smallest absolute Gasteiger partial charge is 0.235 e. The molecule has 2 aliphatic rings. The Kier molecular flexibility index (Phi) is 3.62. The minimum absolute atomic E-state index is 0.162. The topological polar surface area (TPSA) is 20.3 Å². The zero-order valence-electron chi connectivity index (χ0n) is 12.8. The molecule has 4 rings (SSSR count). The van der Waals surface area contributed by atoms with E-state index in [1.807, 2.05) is 42.5 Å². The fourth-order valence-electron chi connectivity index (χ4n) is 4.02. The summed E-state index contributed by atoms with van der Waals surface area (Å²) in [7, 11) is 0. The second kappa shape index (κ2) is 5.54. The quantitative estimate of drug-likeness (QED) is 0.696.